The zero-order chi connectivity index (χ0) is 20.4. The number of hydrogen-bond acceptors (Lipinski definition) is 6. The SMILES string of the molecule is CCc1c(OCC2COC(C)(C)O2)ccnc1C[S+]([O-])c1nc2ccccc2[nH]1.[NaH]. The fraction of sp³-hybridized carbons (Fsp3) is 0.429. The third-order valence-corrected chi connectivity index (χ3v) is 5.96. The summed E-state index contributed by atoms with van der Waals surface area (Å²) >= 11 is -1.33. The molecule has 0 aliphatic carbocycles. The monoisotopic (exact) mass is 439 g/mol. The van der Waals surface area contributed by atoms with Crippen molar-refractivity contribution in [2.75, 3.05) is 13.2 Å². The van der Waals surface area contributed by atoms with Crippen LogP contribution in [0.4, 0.5) is 0 Å². The van der Waals surface area contributed by atoms with Crippen molar-refractivity contribution in [3.8, 4) is 5.75 Å². The first-order valence-corrected chi connectivity index (χ1v) is 11.0. The predicted octanol–water partition coefficient (Wildman–Crippen LogP) is 2.71. The van der Waals surface area contributed by atoms with E-state index in [4.69, 9.17) is 14.2 Å². The number of rotatable bonds is 7. The predicted molar refractivity (Wildman–Crippen MR) is 117 cm³/mol. The molecular formula is C21H26N3NaO4S. The van der Waals surface area contributed by atoms with Gasteiger partial charge in [0.1, 0.15) is 18.5 Å². The number of imidazole rings is 1. The molecule has 0 bridgehead atoms. The second kappa shape index (κ2) is 9.99. The number of hydrogen-bond donors (Lipinski definition) is 1. The second-order valence-electron chi connectivity index (χ2n) is 7.40. The fourth-order valence-electron chi connectivity index (χ4n) is 3.41. The summed E-state index contributed by atoms with van der Waals surface area (Å²) < 4.78 is 30.3. The summed E-state index contributed by atoms with van der Waals surface area (Å²) in [6, 6.07) is 9.49. The summed E-state index contributed by atoms with van der Waals surface area (Å²) in [6.07, 6.45) is 2.30. The summed E-state index contributed by atoms with van der Waals surface area (Å²) in [6.45, 7) is 6.72. The van der Waals surface area contributed by atoms with E-state index in [0.717, 1.165) is 34.5 Å². The first kappa shape index (κ1) is 23.5. The molecule has 156 valence electrons. The first-order chi connectivity index (χ1) is 13.9. The van der Waals surface area contributed by atoms with Gasteiger partial charge >= 0.3 is 34.7 Å². The summed E-state index contributed by atoms with van der Waals surface area (Å²) in [5, 5.41) is 0.458. The van der Waals surface area contributed by atoms with Crippen LogP contribution in [0.15, 0.2) is 41.7 Å². The summed E-state index contributed by atoms with van der Waals surface area (Å²) in [5.74, 6) is 0.442. The van der Waals surface area contributed by atoms with E-state index in [1.807, 2.05) is 51.1 Å². The van der Waals surface area contributed by atoms with E-state index in [1.165, 1.54) is 0 Å². The minimum atomic E-state index is -1.33. The maximum atomic E-state index is 12.9. The van der Waals surface area contributed by atoms with Crippen LogP contribution in [-0.4, -0.2) is 74.2 Å². The van der Waals surface area contributed by atoms with E-state index >= 15 is 0 Å². The van der Waals surface area contributed by atoms with Crippen LogP contribution < -0.4 is 4.74 Å². The van der Waals surface area contributed by atoms with Gasteiger partial charge in [0.15, 0.2) is 11.5 Å². The molecule has 1 aromatic carbocycles. The molecule has 2 atom stereocenters. The van der Waals surface area contributed by atoms with Gasteiger partial charge in [0.25, 0.3) is 0 Å². The molecule has 0 spiro atoms. The number of para-hydroxylation sites is 2. The molecule has 1 saturated heterocycles. The first-order valence-electron chi connectivity index (χ1n) is 9.69. The molecule has 1 aliphatic heterocycles. The number of H-pyrrole nitrogens is 1. The standard InChI is InChI=1S/C21H25N3O4S.Na.H/c1-4-15-18(13-29(25)20-23-16-7-5-6-8-17(16)24-20)22-10-9-19(15)26-11-14-12-27-21(2,3)28-14;;/h5-10,14H,4,11-13H2,1-3H3,(H,23,24);;. The number of aromatic amines is 1. The molecule has 9 heteroatoms. The zero-order valence-electron chi connectivity index (χ0n) is 16.8. The van der Waals surface area contributed by atoms with Crippen LogP contribution >= 0.6 is 0 Å². The van der Waals surface area contributed by atoms with Gasteiger partial charge in [0, 0.05) is 22.9 Å². The van der Waals surface area contributed by atoms with Crippen molar-refractivity contribution in [2.45, 2.75) is 50.0 Å². The molecule has 4 rings (SSSR count). The van der Waals surface area contributed by atoms with Gasteiger partial charge < -0.3 is 18.8 Å². The number of pyridine rings is 1. The van der Waals surface area contributed by atoms with E-state index in [9.17, 15) is 4.55 Å². The molecule has 0 saturated carbocycles. The normalized spacial score (nSPS) is 18.9. The Morgan fingerprint density at radius 2 is 2.10 bits per heavy atom. The van der Waals surface area contributed by atoms with Gasteiger partial charge in [-0.05, 0) is 38.5 Å². The van der Waals surface area contributed by atoms with E-state index in [1.54, 1.807) is 6.20 Å². The Balaban J connectivity index is 0.00000256. The summed E-state index contributed by atoms with van der Waals surface area (Å²) in [4.78, 5) is 12.0. The van der Waals surface area contributed by atoms with E-state index < -0.39 is 17.0 Å². The van der Waals surface area contributed by atoms with Crippen molar-refractivity contribution in [1.82, 2.24) is 15.0 Å². The molecule has 30 heavy (non-hydrogen) atoms. The van der Waals surface area contributed by atoms with Gasteiger partial charge in [-0.15, -0.1) is 0 Å². The van der Waals surface area contributed by atoms with Crippen molar-refractivity contribution in [1.29, 1.82) is 0 Å². The van der Waals surface area contributed by atoms with Crippen LogP contribution in [0.3, 0.4) is 0 Å². The fourth-order valence-corrected chi connectivity index (χ4v) is 4.47. The van der Waals surface area contributed by atoms with E-state index in [-0.39, 0.29) is 41.4 Å². The van der Waals surface area contributed by atoms with Gasteiger partial charge in [-0.1, -0.05) is 19.1 Å². The maximum absolute atomic E-state index is 12.9. The molecule has 0 amide bonds. The molecule has 1 aliphatic rings. The third-order valence-electron chi connectivity index (χ3n) is 4.80. The Morgan fingerprint density at radius 3 is 2.80 bits per heavy atom. The number of benzene rings is 1. The van der Waals surface area contributed by atoms with Gasteiger partial charge in [0.2, 0.25) is 0 Å². The molecular weight excluding hydrogens is 413 g/mol. The number of ether oxygens (including phenoxy) is 3. The van der Waals surface area contributed by atoms with Crippen LogP contribution in [0.25, 0.3) is 11.0 Å². The molecule has 3 heterocycles. The molecule has 1 fully saturated rings. The quantitative estimate of drug-likeness (QED) is 0.450. The Hall–Kier alpha value is -1.13. The van der Waals surface area contributed by atoms with E-state index in [2.05, 4.69) is 15.0 Å². The van der Waals surface area contributed by atoms with E-state index in [0.29, 0.717) is 18.4 Å². The van der Waals surface area contributed by atoms with Crippen molar-refractivity contribution in [3.05, 3.63) is 47.8 Å². The third kappa shape index (κ3) is 5.37. The van der Waals surface area contributed by atoms with Crippen molar-refractivity contribution < 1.29 is 18.8 Å². The molecule has 7 nitrogen and oxygen atoms in total. The Morgan fingerprint density at radius 1 is 1.30 bits per heavy atom. The van der Waals surface area contributed by atoms with Gasteiger partial charge in [-0.2, -0.15) is 4.98 Å². The molecule has 0 radical (unpaired) electrons. The molecule has 1 N–H and O–H groups in total. The average Bonchev–Trinajstić information content (AvgIpc) is 3.29. The molecule has 3 aromatic rings. The number of fused-ring (bicyclic) bond motifs is 1. The average molecular weight is 440 g/mol. The van der Waals surface area contributed by atoms with Crippen LogP contribution in [0.5, 0.6) is 5.75 Å². The van der Waals surface area contributed by atoms with Gasteiger partial charge in [-0.3, -0.25) is 9.97 Å². The number of nitrogens with one attached hydrogen (secondary N) is 1. The molecule has 2 unspecified atom stereocenters. The summed E-state index contributed by atoms with van der Waals surface area (Å²) in [7, 11) is 0. The number of nitrogens with zero attached hydrogens (tertiary/aromatic N) is 2. The van der Waals surface area contributed by atoms with Gasteiger partial charge in [0.05, 0.1) is 23.3 Å². The summed E-state index contributed by atoms with van der Waals surface area (Å²) in [5.41, 5.74) is 3.39. The van der Waals surface area contributed by atoms with Crippen LogP contribution in [0, 0.1) is 0 Å². The van der Waals surface area contributed by atoms with Crippen molar-refractivity contribution >= 4 is 51.8 Å². The Labute approximate surface area is 201 Å². The number of aromatic nitrogens is 3. The van der Waals surface area contributed by atoms with Crippen molar-refractivity contribution in [3.63, 3.8) is 0 Å². The zero-order valence-corrected chi connectivity index (χ0v) is 17.6. The van der Waals surface area contributed by atoms with Crippen LogP contribution in [0.1, 0.15) is 32.0 Å². The van der Waals surface area contributed by atoms with Crippen LogP contribution in [0.2, 0.25) is 0 Å². The Kier molecular flexibility index (Phi) is 7.84. The van der Waals surface area contributed by atoms with Gasteiger partial charge in [-0.25, -0.2) is 0 Å². The minimum absolute atomic E-state index is 0. The second-order valence-corrected chi connectivity index (χ2v) is 8.76. The Bertz CT molecular complexity index is 964. The molecule has 2 aromatic heterocycles. The van der Waals surface area contributed by atoms with Crippen LogP contribution in [-0.2, 0) is 32.8 Å². The topological polar surface area (TPSA) is 92.3 Å². The van der Waals surface area contributed by atoms with Crippen molar-refractivity contribution in [2.24, 2.45) is 0 Å².